The van der Waals surface area contributed by atoms with Crippen LogP contribution in [0.5, 0.6) is 11.5 Å². The van der Waals surface area contributed by atoms with Crippen molar-refractivity contribution in [2.75, 3.05) is 5.73 Å². The summed E-state index contributed by atoms with van der Waals surface area (Å²) in [6.07, 6.45) is -2.88. The zero-order valence-electron chi connectivity index (χ0n) is 11.6. The minimum atomic E-state index is -4.51. The van der Waals surface area contributed by atoms with E-state index in [0.29, 0.717) is 5.75 Å². The number of hydrogen-bond acceptors (Lipinski definition) is 2. The zero-order chi connectivity index (χ0) is 15.5. The zero-order valence-corrected chi connectivity index (χ0v) is 11.6. The van der Waals surface area contributed by atoms with Crippen LogP contribution in [0.25, 0.3) is 0 Å². The van der Waals surface area contributed by atoms with Gasteiger partial charge in [-0.1, -0.05) is 31.5 Å². The predicted octanol–water partition coefficient (Wildman–Crippen LogP) is 5.03. The van der Waals surface area contributed by atoms with Crippen LogP contribution in [0.4, 0.5) is 18.9 Å². The number of aryl methyl sites for hydroxylation is 1. The maximum atomic E-state index is 13.0. The Morgan fingerprint density at radius 3 is 2.43 bits per heavy atom. The molecule has 0 heterocycles. The van der Waals surface area contributed by atoms with E-state index in [2.05, 4.69) is 0 Å². The quantitative estimate of drug-likeness (QED) is 0.803. The number of para-hydroxylation sites is 1. The lowest BCUT2D eigenvalue weighted by Gasteiger charge is -2.16. The molecular weight excluding hydrogens is 279 g/mol. The van der Waals surface area contributed by atoms with Gasteiger partial charge in [0.1, 0.15) is 17.1 Å². The fraction of sp³-hybridized carbons (Fsp3) is 0.250. The number of rotatable bonds is 4. The lowest BCUT2D eigenvalue weighted by atomic mass is 10.1. The third kappa shape index (κ3) is 3.68. The Bertz CT molecular complexity index is 623. The molecule has 0 fully saturated rings. The first-order chi connectivity index (χ1) is 9.91. The van der Waals surface area contributed by atoms with Crippen LogP contribution in [0.2, 0.25) is 0 Å². The Labute approximate surface area is 121 Å². The maximum Gasteiger partial charge on any atom is 0.420 e. The summed E-state index contributed by atoms with van der Waals surface area (Å²) in [6, 6.07) is 10.6. The number of hydrogen-bond donors (Lipinski definition) is 1. The molecule has 0 saturated heterocycles. The molecule has 21 heavy (non-hydrogen) atoms. The highest BCUT2D eigenvalue weighted by molar-refractivity contribution is 5.51. The second-order valence-corrected chi connectivity index (χ2v) is 4.71. The number of benzene rings is 2. The Balaban J connectivity index is 2.41. The minimum Gasteiger partial charge on any atom is -0.456 e. The van der Waals surface area contributed by atoms with Gasteiger partial charge in [0.15, 0.2) is 0 Å². The van der Waals surface area contributed by atoms with E-state index in [1.165, 1.54) is 12.1 Å². The summed E-state index contributed by atoms with van der Waals surface area (Å²) in [4.78, 5) is 0. The van der Waals surface area contributed by atoms with Crippen LogP contribution in [0, 0.1) is 0 Å². The molecule has 0 spiro atoms. The lowest BCUT2D eigenvalue weighted by Crippen LogP contribution is -2.08. The van der Waals surface area contributed by atoms with E-state index < -0.39 is 11.7 Å². The van der Waals surface area contributed by atoms with Crippen molar-refractivity contribution in [3.8, 4) is 11.5 Å². The van der Waals surface area contributed by atoms with Gasteiger partial charge in [0.25, 0.3) is 0 Å². The number of ether oxygens (including phenoxy) is 1. The third-order valence-corrected chi connectivity index (χ3v) is 3.02. The molecule has 0 bridgehead atoms. The number of alkyl halides is 3. The van der Waals surface area contributed by atoms with Crippen LogP contribution < -0.4 is 10.5 Å². The van der Waals surface area contributed by atoms with Crippen LogP contribution in [0.15, 0.2) is 42.5 Å². The molecule has 0 radical (unpaired) electrons. The first-order valence-corrected chi connectivity index (χ1v) is 6.64. The van der Waals surface area contributed by atoms with Gasteiger partial charge < -0.3 is 10.5 Å². The molecule has 2 aromatic carbocycles. The minimum absolute atomic E-state index is 0.0523. The van der Waals surface area contributed by atoms with Crippen molar-refractivity contribution in [1.82, 2.24) is 0 Å². The van der Waals surface area contributed by atoms with Gasteiger partial charge in [-0.2, -0.15) is 13.2 Å². The van der Waals surface area contributed by atoms with Gasteiger partial charge in [-0.25, -0.2) is 0 Å². The molecule has 0 unspecified atom stereocenters. The largest absolute Gasteiger partial charge is 0.456 e. The Hall–Kier alpha value is -2.17. The Morgan fingerprint density at radius 2 is 1.76 bits per heavy atom. The predicted molar refractivity (Wildman–Crippen MR) is 76.4 cm³/mol. The molecule has 0 atom stereocenters. The van der Waals surface area contributed by atoms with Gasteiger partial charge in [0, 0.05) is 5.69 Å². The van der Waals surface area contributed by atoms with Crippen LogP contribution in [-0.2, 0) is 12.6 Å². The molecular formula is C16H16F3NO. The number of halogens is 3. The molecule has 2 aromatic rings. The Morgan fingerprint density at radius 1 is 1.05 bits per heavy atom. The molecule has 2 nitrogen and oxygen atoms in total. The van der Waals surface area contributed by atoms with Gasteiger partial charge in [-0.3, -0.25) is 0 Å². The second-order valence-electron chi connectivity index (χ2n) is 4.71. The van der Waals surface area contributed by atoms with E-state index in [1.54, 1.807) is 12.1 Å². The van der Waals surface area contributed by atoms with E-state index in [9.17, 15) is 13.2 Å². The topological polar surface area (TPSA) is 35.2 Å². The fourth-order valence-electron chi connectivity index (χ4n) is 2.06. The van der Waals surface area contributed by atoms with E-state index in [-0.39, 0.29) is 11.4 Å². The van der Waals surface area contributed by atoms with Crippen molar-refractivity contribution in [1.29, 1.82) is 0 Å². The van der Waals surface area contributed by atoms with Crippen molar-refractivity contribution < 1.29 is 17.9 Å². The monoisotopic (exact) mass is 295 g/mol. The van der Waals surface area contributed by atoms with Crippen LogP contribution >= 0.6 is 0 Å². The molecule has 2 N–H and O–H groups in total. The van der Waals surface area contributed by atoms with Crippen molar-refractivity contribution in [2.45, 2.75) is 25.9 Å². The van der Waals surface area contributed by atoms with E-state index >= 15 is 0 Å². The number of anilines is 1. The van der Waals surface area contributed by atoms with Crippen LogP contribution in [-0.4, -0.2) is 0 Å². The summed E-state index contributed by atoms with van der Waals surface area (Å²) >= 11 is 0. The van der Waals surface area contributed by atoms with Gasteiger partial charge >= 0.3 is 6.18 Å². The third-order valence-electron chi connectivity index (χ3n) is 3.02. The highest BCUT2D eigenvalue weighted by Crippen LogP contribution is 2.39. The van der Waals surface area contributed by atoms with E-state index in [4.69, 9.17) is 10.5 Å². The maximum absolute atomic E-state index is 13.0. The van der Waals surface area contributed by atoms with Crippen molar-refractivity contribution >= 4 is 5.69 Å². The standard InChI is InChI=1S/C16H16F3NO/c1-2-5-11-6-3-4-7-14(11)21-15-9-8-12(20)10-13(15)16(17,18)19/h3-4,6-10H,2,5,20H2,1H3. The Kier molecular flexibility index (Phi) is 4.40. The molecule has 0 aliphatic heterocycles. The number of nitrogens with two attached hydrogens (primary N) is 1. The molecule has 0 aliphatic rings. The summed E-state index contributed by atoms with van der Waals surface area (Å²) in [5, 5.41) is 0. The summed E-state index contributed by atoms with van der Waals surface area (Å²) < 4.78 is 44.6. The molecule has 0 aliphatic carbocycles. The average molecular weight is 295 g/mol. The molecule has 0 amide bonds. The highest BCUT2D eigenvalue weighted by atomic mass is 19.4. The summed E-state index contributed by atoms with van der Waals surface area (Å²) in [7, 11) is 0. The van der Waals surface area contributed by atoms with Gasteiger partial charge in [-0.05, 0) is 36.2 Å². The average Bonchev–Trinajstić information content (AvgIpc) is 2.42. The SMILES string of the molecule is CCCc1ccccc1Oc1ccc(N)cc1C(F)(F)F. The van der Waals surface area contributed by atoms with Crippen molar-refractivity contribution in [2.24, 2.45) is 0 Å². The molecule has 0 saturated carbocycles. The van der Waals surface area contributed by atoms with Gasteiger partial charge in [0.05, 0.1) is 0 Å². The second kappa shape index (κ2) is 6.08. The van der Waals surface area contributed by atoms with E-state index in [0.717, 1.165) is 24.5 Å². The molecule has 0 aromatic heterocycles. The number of nitrogen functional groups attached to an aromatic ring is 1. The summed E-state index contributed by atoms with van der Waals surface area (Å²) in [5.74, 6) is 0.204. The van der Waals surface area contributed by atoms with Gasteiger partial charge in [-0.15, -0.1) is 0 Å². The molecule has 2 rings (SSSR count). The first kappa shape index (κ1) is 15.2. The molecule has 5 heteroatoms. The molecule has 112 valence electrons. The normalized spacial score (nSPS) is 11.4. The van der Waals surface area contributed by atoms with Crippen LogP contribution in [0.3, 0.4) is 0 Å². The van der Waals surface area contributed by atoms with Crippen molar-refractivity contribution in [3.63, 3.8) is 0 Å². The highest BCUT2D eigenvalue weighted by Gasteiger charge is 2.34. The van der Waals surface area contributed by atoms with Crippen molar-refractivity contribution in [3.05, 3.63) is 53.6 Å². The van der Waals surface area contributed by atoms with Crippen LogP contribution in [0.1, 0.15) is 24.5 Å². The lowest BCUT2D eigenvalue weighted by molar-refractivity contribution is -0.138. The fourth-order valence-corrected chi connectivity index (χ4v) is 2.06. The van der Waals surface area contributed by atoms with Gasteiger partial charge in [0.2, 0.25) is 0 Å². The first-order valence-electron chi connectivity index (χ1n) is 6.64. The van der Waals surface area contributed by atoms with E-state index in [1.807, 2.05) is 19.1 Å². The summed E-state index contributed by atoms with van der Waals surface area (Å²) in [6.45, 7) is 2.00. The summed E-state index contributed by atoms with van der Waals surface area (Å²) in [5.41, 5.74) is 5.50. The smallest absolute Gasteiger partial charge is 0.420 e.